The van der Waals surface area contributed by atoms with Crippen LogP contribution in [0.25, 0.3) is 0 Å². The third kappa shape index (κ3) is 3.76. The number of hydrogen-bond donors (Lipinski definition) is 2. The summed E-state index contributed by atoms with van der Waals surface area (Å²) in [5, 5.41) is 3.03. The second-order valence-corrected chi connectivity index (χ2v) is 5.18. The van der Waals surface area contributed by atoms with Gasteiger partial charge in [-0.2, -0.15) is 0 Å². The molecule has 2 rings (SSSR count). The van der Waals surface area contributed by atoms with Crippen LogP contribution < -0.4 is 11.1 Å². The molecule has 0 radical (unpaired) electrons. The van der Waals surface area contributed by atoms with E-state index in [9.17, 15) is 4.79 Å². The van der Waals surface area contributed by atoms with Crippen molar-refractivity contribution in [3.8, 4) is 0 Å². The Morgan fingerprint density at radius 2 is 1.94 bits per heavy atom. The molecule has 0 bridgehead atoms. The molecule has 1 aliphatic carbocycles. The number of rotatable bonds is 4. The molecule has 18 heavy (non-hydrogen) atoms. The van der Waals surface area contributed by atoms with Crippen LogP contribution in [0.5, 0.6) is 0 Å². The number of para-hydroxylation sites is 1. The quantitative estimate of drug-likeness (QED) is 0.802. The van der Waals surface area contributed by atoms with Crippen LogP contribution in [-0.4, -0.2) is 12.5 Å². The summed E-state index contributed by atoms with van der Waals surface area (Å²) < 4.78 is 0. The summed E-state index contributed by atoms with van der Waals surface area (Å²) in [4.78, 5) is 11.8. The van der Waals surface area contributed by atoms with Gasteiger partial charge in [0, 0.05) is 12.2 Å². The Morgan fingerprint density at radius 1 is 1.22 bits per heavy atom. The van der Waals surface area contributed by atoms with Crippen molar-refractivity contribution >= 4 is 11.6 Å². The maximum atomic E-state index is 11.8. The van der Waals surface area contributed by atoms with Gasteiger partial charge in [-0.1, -0.05) is 37.5 Å². The van der Waals surface area contributed by atoms with E-state index in [1.165, 1.54) is 32.1 Å². The van der Waals surface area contributed by atoms with Crippen LogP contribution in [0.4, 0.5) is 5.69 Å². The molecule has 0 atom stereocenters. The van der Waals surface area contributed by atoms with Gasteiger partial charge in [0.2, 0.25) is 5.91 Å². The average molecular weight is 246 g/mol. The molecule has 1 aromatic carbocycles. The lowest BCUT2D eigenvalue weighted by molar-refractivity contribution is -0.120. The number of nitrogens with two attached hydrogens (primary N) is 1. The van der Waals surface area contributed by atoms with Gasteiger partial charge in [-0.3, -0.25) is 4.79 Å². The van der Waals surface area contributed by atoms with E-state index >= 15 is 0 Å². The number of amides is 1. The fraction of sp³-hybridized carbons (Fsp3) is 0.533. The van der Waals surface area contributed by atoms with E-state index in [1.807, 2.05) is 24.3 Å². The third-order valence-electron chi connectivity index (χ3n) is 3.72. The van der Waals surface area contributed by atoms with Crippen LogP contribution in [0.3, 0.4) is 0 Å². The van der Waals surface area contributed by atoms with Gasteiger partial charge in [-0.05, 0) is 30.4 Å². The van der Waals surface area contributed by atoms with Crippen molar-refractivity contribution in [1.29, 1.82) is 0 Å². The molecule has 0 aromatic heterocycles. The molecule has 1 saturated carbocycles. The van der Waals surface area contributed by atoms with E-state index in [0.29, 0.717) is 18.0 Å². The fourth-order valence-corrected chi connectivity index (χ4v) is 2.58. The van der Waals surface area contributed by atoms with Crippen molar-refractivity contribution in [2.24, 2.45) is 5.92 Å². The molecule has 1 fully saturated rings. The standard InChI is InChI=1S/C15H22N2O/c16-14-9-5-4-8-13(14)10-15(18)17-11-12-6-2-1-3-7-12/h4-5,8-9,12H,1-3,6-7,10-11,16H2,(H,17,18). The summed E-state index contributed by atoms with van der Waals surface area (Å²) in [6.45, 7) is 0.825. The number of carbonyl (C=O) groups is 1. The van der Waals surface area contributed by atoms with Crippen LogP contribution in [0.1, 0.15) is 37.7 Å². The van der Waals surface area contributed by atoms with Crippen molar-refractivity contribution in [2.75, 3.05) is 12.3 Å². The van der Waals surface area contributed by atoms with Crippen LogP contribution in [0, 0.1) is 5.92 Å². The van der Waals surface area contributed by atoms with Crippen molar-refractivity contribution in [3.63, 3.8) is 0 Å². The van der Waals surface area contributed by atoms with E-state index in [4.69, 9.17) is 5.73 Å². The summed E-state index contributed by atoms with van der Waals surface area (Å²) in [6.07, 6.45) is 6.88. The monoisotopic (exact) mass is 246 g/mol. The van der Waals surface area contributed by atoms with Gasteiger partial charge >= 0.3 is 0 Å². The van der Waals surface area contributed by atoms with Crippen LogP contribution in [-0.2, 0) is 11.2 Å². The maximum Gasteiger partial charge on any atom is 0.224 e. The first kappa shape index (κ1) is 12.9. The molecule has 3 heteroatoms. The Labute approximate surface area is 109 Å². The average Bonchev–Trinajstić information content (AvgIpc) is 2.40. The molecule has 0 heterocycles. The molecule has 1 amide bonds. The van der Waals surface area contributed by atoms with Gasteiger partial charge in [0.25, 0.3) is 0 Å². The van der Waals surface area contributed by atoms with Gasteiger partial charge in [0.05, 0.1) is 6.42 Å². The lowest BCUT2D eigenvalue weighted by Crippen LogP contribution is -2.31. The number of benzene rings is 1. The summed E-state index contributed by atoms with van der Waals surface area (Å²) in [6, 6.07) is 7.55. The number of nitrogens with one attached hydrogen (secondary N) is 1. The first-order valence-electron chi connectivity index (χ1n) is 6.86. The molecular weight excluding hydrogens is 224 g/mol. The first-order chi connectivity index (χ1) is 8.75. The van der Waals surface area contributed by atoms with Crippen molar-refractivity contribution in [3.05, 3.63) is 29.8 Å². The Balaban J connectivity index is 1.76. The second-order valence-electron chi connectivity index (χ2n) is 5.18. The number of anilines is 1. The fourth-order valence-electron chi connectivity index (χ4n) is 2.58. The molecule has 1 aromatic rings. The highest BCUT2D eigenvalue weighted by Crippen LogP contribution is 2.22. The number of hydrogen-bond acceptors (Lipinski definition) is 2. The predicted octanol–water partition coefficient (Wildman–Crippen LogP) is 2.51. The molecule has 0 aliphatic heterocycles. The van der Waals surface area contributed by atoms with Crippen LogP contribution in [0.2, 0.25) is 0 Å². The second kappa shape index (κ2) is 6.43. The number of carbonyl (C=O) groups excluding carboxylic acids is 1. The van der Waals surface area contributed by atoms with E-state index in [0.717, 1.165) is 12.1 Å². The molecule has 0 spiro atoms. The van der Waals surface area contributed by atoms with Crippen LogP contribution >= 0.6 is 0 Å². The zero-order valence-corrected chi connectivity index (χ0v) is 10.8. The van der Waals surface area contributed by atoms with E-state index in [-0.39, 0.29) is 5.91 Å². The SMILES string of the molecule is Nc1ccccc1CC(=O)NCC1CCCCC1. The smallest absolute Gasteiger partial charge is 0.224 e. The highest BCUT2D eigenvalue weighted by atomic mass is 16.1. The minimum Gasteiger partial charge on any atom is -0.398 e. The largest absolute Gasteiger partial charge is 0.398 e. The number of nitrogen functional groups attached to an aromatic ring is 1. The Bertz CT molecular complexity index is 397. The minimum absolute atomic E-state index is 0.0819. The van der Waals surface area contributed by atoms with E-state index < -0.39 is 0 Å². The Kier molecular flexibility index (Phi) is 4.62. The zero-order chi connectivity index (χ0) is 12.8. The Hall–Kier alpha value is -1.51. The van der Waals surface area contributed by atoms with Gasteiger partial charge in [-0.15, -0.1) is 0 Å². The molecule has 0 saturated heterocycles. The maximum absolute atomic E-state index is 11.8. The highest BCUT2D eigenvalue weighted by molar-refractivity contribution is 5.80. The summed E-state index contributed by atoms with van der Waals surface area (Å²) in [7, 11) is 0. The molecule has 1 aliphatic rings. The lowest BCUT2D eigenvalue weighted by atomic mass is 9.89. The zero-order valence-electron chi connectivity index (χ0n) is 10.8. The lowest BCUT2D eigenvalue weighted by Gasteiger charge is -2.21. The van der Waals surface area contributed by atoms with Crippen molar-refractivity contribution < 1.29 is 4.79 Å². The van der Waals surface area contributed by atoms with Gasteiger partial charge < -0.3 is 11.1 Å². The molecule has 0 unspecified atom stereocenters. The molecule has 3 nitrogen and oxygen atoms in total. The third-order valence-corrected chi connectivity index (χ3v) is 3.72. The normalized spacial score (nSPS) is 16.4. The van der Waals surface area contributed by atoms with Gasteiger partial charge in [-0.25, -0.2) is 0 Å². The topological polar surface area (TPSA) is 55.1 Å². The van der Waals surface area contributed by atoms with E-state index in [1.54, 1.807) is 0 Å². The molecule has 98 valence electrons. The van der Waals surface area contributed by atoms with Gasteiger partial charge in [0.1, 0.15) is 0 Å². The predicted molar refractivity (Wildman–Crippen MR) is 74.1 cm³/mol. The summed E-state index contributed by atoms with van der Waals surface area (Å²) in [5.74, 6) is 0.759. The van der Waals surface area contributed by atoms with Crippen molar-refractivity contribution in [2.45, 2.75) is 38.5 Å². The Morgan fingerprint density at radius 3 is 2.67 bits per heavy atom. The van der Waals surface area contributed by atoms with Crippen LogP contribution in [0.15, 0.2) is 24.3 Å². The summed E-state index contributed by atoms with van der Waals surface area (Å²) in [5.41, 5.74) is 7.44. The minimum atomic E-state index is 0.0819. The van der Waals surface area contributed by atoms with Gasteiger partial charge in [0.15, 0.2) is 0 Å². The highest BCUT2D eigenvalue weighted by Gasteiger charge is 2.14. The summed E-state index contributed by atoms with van der Waals surface area (Å²) >= 11 is 0. The first-order valence-corrected chi connectivity index (χ1v) is 6.86. The van der Waals surface area contributed by atoms with Crippen molar-refractivity contribution in [1.82, 2.24) is 5.32 Å². The molecular formula is C15H22N2O. The molecule has 3 N–H and O–H groups in total. The van der Waals surface area contributed by atoms with E-state index in [2.05, 4.69) is 5.32 Å².